The lowest BCUT2D eigenvalue weighted by Crippen LogP contribution is -2.51. The van der Waals surface area contributed by atoms with E-state index < -0.39 is 5.97 Å². The lowest BCUT2D eigenvalue weighted by atomic mass is 9.98. The molecule has 1 aliphatic heterocycles. The molecular formula is C15H21N3O3. The van der Waals surface area contributed by atoms with Crippen molar-refractivity contribution in [3.05, 3.63) is 29.6 Å². The van der Waals surface area contributed by atoms with Gasteiger partial charge in [0.05, 0.1) is 0 Å². The number of piperidine rings is 1. The van der Waals surface area contributed by atoms with E-state index in [2.05, 4.69) is 24.1 Å². The van der Waals surface area contributed by atoms with Crippen molar-refractivity contribution in [2.75, 3.05) is 0 Å². The first-order valence-corrected chi connectivity index (χ1v) is 7.23. The Morgan fingerprint density at radius 1 is 1.33 bits per heavy atom. The van der Waals surface area contributed by atoms with Gasteiger partial charge in [0.25, 0.3) is 0 Å². The summed E-state index contributed by atoms with van der Waals surface area (Å²) in [5, 5.41) is 11.7. The van der Waals surface area contributed by atoms with Gasteiger partial charge < -0.3 is 15.3 Å². The van der Waals surface area contributed by atoms with Crippen LogP contribution >= 0.6 is 0 Å². The van der Waals surface area contributed by atoms with E-state index in [-0.39, 0.29) is 23.8 Å². The minimum atomic E-state index is -1.05. The minimum Gasteiger partial charge on any atom is -0.477 e. The Morgan fingerprint density at radius 2 is 2.00 bits per heavy atom. The molecule has 2 amide bonds. The first kappa shape index (κ1) is 15.3. The van der Waals surface area contributed by atoms with Crippen molar-refractivity contribution < 1.29 is 14.7 Å². The Hall–Kier alpha value is -2.11. The number of aromatic carboxylic acids is 1. The van der Waals surface area contributed by atoms with Gasteiger partial charge >= 0.3 is 12.0 Å². The molecule has 1 aliphatic rings. The standard InChI is InChI=1S/C15H21N3O3/c1-10-4-3-5-11(2)18(10)15(21)17-9-12-6-7-13(14(19)20)16-8-12/h6-8,10-11H,3-5,9H2,1-2H3,(H,17,21)(H,19,20)/t10-,11+. The second-order valence-electron chi connectivity index (χ2n) is 5.55. The smallest absolute Gasteiger partial charge is 0.354 e. The average molecular weight is 291 g/mol. The highest BCUT2D eigenvalue weighted by Gasteiger charge is 2.28. The Labute approximate surface area is 124 Å². The number of hydrogen-bond donors (Lipinski definition) is 2. The molecule has 114 valence electrons. The van der Waals surface area contributed by atoms with Gasteiger partial charge in [-0.1, -0.05) is 6.07 Å². The van der Waals surface area contributed by atoms with E-state index in [0.29, 0.717) is 6.54 Å². The molecule has 1 fully saturated rings. The zero-order valence-corrected chi connectivity index (χ0v) is 12.4. The fourth-order valence-corrected chi connectivity index (χ4v) is 2.75. The van der Waals surface area contributed by atoms with Crippen molar-refractivity contribution in [3.63, 3.8) is 0 Å². The number of likely N-dealkylation sites (tertiary alicyclic amines) is 1. The second kappa shape index (κ2) is 6.56. The van der Waals surface area contributed by atoms with Crippen LogP contribution in [0.5, 0.6) is 0 Å². The Balaban J connectivity index is 1.92. The van der Waals surface area contributed by atoms with Crippen molar-refractivity contribution in [2.24, 2.45) is 0 Å². The van der Waals surface area contributed by atoms with Gasteiger partial charge in [0.2, 0.25) is 0 Å². The number of nitrogens with zero attached hydrogens (tertiary/aromatic N) is 2. The molecule has 6 heteroatoms. The van der Waals surface area contributed by atoms with Crippen LogP contribution in [0.4, 0.5) is 4.79 Å². The van der Waals surface area contributed by atoms with Crippen molar-refractivity contribution >= 4 is 12.0 Å². The average Bonchev–Trinajstić information content (AvgIpc) is 2.45. The predicted molar refractivity (Wildman–Crippen MR) is 78.0 cm³/mol. The number of urea groups is 1. The molecule has 0 bridgehead atoms. The predicted octanol–water partition coefficient (Wildman–Crippen LogP) is 2.25. The summed E-state index contributed by atoms with van der Waals surface area (Å²) in [5.74, 6) is -1.05. The molecule has 0 radical (unpaired) electrons. The number of amides is 2. The summed E-state index contributed by atoms with van der Waals surface area (Å²) >= 11 is 0. The summed E-state index contributed by atoms with van der Waals surface area (Å²) in [6.45, 7) is 4.48. The highest BCUT2D eigenvalue weighted by molar-refractivity contribution is 5.85. The Kier molecular flexibility index (Phi) is 4.77. The number of hydrogen-bond acceptors (Lipinski definition) is 3. The number of carboxylic acid groups (broad SMARTS) is 1. The van der Waals surface area contributed by atoms with E-state index in [1.165, 1.54) is 12.3 Å². The summed E-state index contributed by atoms with van der Waals surface area (Å²) < 4.78 is 0. The molecule has 0 saturated carbocycles. The SMILES string of the molecule is C[C@@H]1CCC[C@H](C)N1C(=O)NCc1ccc(C(=O)O)nc1. The van der Waals surface area contributed by atoms with Crippen LogP contribution < -0.4 is 5.32 Å². The first-order valence-electron chi connectivity index (χ1n) is 7.23. The molecule has 1 aromatic rings. The molecule has 0 spiro atoms. The summed E-state index contributed by atoms with van der Waals surface area (Å²) in [5.41, 5.74) is 0.786. The van der Waals surface area contributed by atoms with Crippen LogP contribution in [0.25, 0.3) is 0 Å². The van der Waals surface area contributed by atoms with Gasteiger partial charge in [-0.25, -0.2) is 14.6 Å². The molecule has 21 heavy (non-hydrogen) atoms. The molecule has 2 N–H and O–H groups in total. The maximum Gasteiger partial charge on any atom is 0.354 e. The van der Waals surface area contributed by atoms with Crippen molar-refractivity contribution in [1.29, 1.82) is 0 Å². The highest BCUT2D eigenvalue weighted by Crippen LogP contribution is 2.22. The van der Waals surface area contributed by atoms with Crippen molar-refractivity contribution in [3.8, 4) is 0 Å². The summed E-state index contributed by atoms with van der Waals surface area (Å²) in [4.78, 5) is 28.7. The first-order chi connectivity index (χ1) is 9.99. The number of carboxylic acids is 1. The summed E-state index contributed by atoms with van der Waals surface area (Å²) in [6.07, 6.45) is 4.71. The minimum absolute atomic E-state index is 0.00310. The molecule has 0 aromatic carbocycles. The van der Waals surface area contributed by atoms with Crippen LogP contribution in [0, 0.1) is 0 Å². The van der Waals surface area contributed by atoms with Gasteiger partial charge in [-0.05, 0) is 44.7 Å². The van der Waals surface area contributed by atoms with Gasteiger partial charge in [-0.15, -0.1) is 0 Å². The van der Waals surface area contributed by atoms with Gasteiger partial charge in [0, 0.05) is 24.8 Å². The molecule has 1 saturated heterocycles. The van der Waals surface area contributed by atoms with Gasteiger partial charge in [0.1, 0.15) is 5.69 Å². The molecule has 6 nitrogen and oxygen atoms in total. The number of carbonyl (C=O) groups is 2. The topological polar surface area (TPSA) is 82.5 Å². The van der Waals surface area contributed by atoms with Crippen LogP contribution in [-0.2, 0) is 6.54 Å². The van der Waals surface area contributed by atoms with E-state index in [1.54, 1.807) is 6.07 Å². The maximum atomic E-state index is 12.3. The molecule has 2 atom stereocenters. The van der Waals surface area contributed by atoms with Crippen LogP contribution in [0.3, 0.4) is 0 Å². The van der Waals surface area contributed by atoms with Crippen LogP contribution in [0.2, 0.25) is 0 Å². The quantitative estimate of drug-likeness (QED) is 0.894. The third kappa shape index (κ3) is 3.71. The fraction of sp³-hybridized carbons (Fsp3) is 0.533. The molecule has 2 rings (SSSR count). The van der Waals surface area contributed by atoms with Crippen molar-refractivity contribution in [2.45, 2.75) is 51.7 Å². The van der Waals surface area contributed by atoms with Gasteiger partial charge in [-0.3, -0.25) is 0 Å². The highest BCUT2D eigenvalue weighted by atomic mass is 16.4. The van der Waals surface area contributed by atoms with E-state index in [9.17, 15) is 9.59 Å². The summed E-state index contributed by atoms with van der Waals surface area (Å²) in [7, 11) is 0. The maximum absolute atomic E-state index is 12.3. The zero-order valence-electron chi connectivity index (χ0n) is 12.4. The Bertz CT molecular complexity index is 505. The lowest BCUT2D eigenvalue weighted by molar-refractivity contribution is 0.0690. The van der Waals surface area contributed by atoms with E-state index in [0.717, 1.165) is 24.8 Å². The normalized spacial score (nSPS) is 21.9. The van der Waals surface area contributed by atoms with Crippen LogP contribution in [0.1, 0.15) is 49.2 Å². The third-order valence-corrected chi connectivity index (χ3v) is 3.92. The van der Waals surface area contributed by atoms with E-state index in [4.69, 9.17) is 5.11 Å². The second-order valence-corrected chi connectivity index (χ2v) is 5.55. The Morgan fingerprint density at radius 3 is 2.52 bits per heavy atom. The lowest BCUT2D eigenvalue weighted by Gasteiger charge is -2.38. The monoisotopic (exact) mass is 291 g/mol. The zero-order chi connectivity index (χ0) is 15.4. The number of rotatable bonds is 3. The largest absolute Gasteiger partial charge is 0.477 e. The van der Waals surface area contributed by atoms with Crippen LogP contribution in [-0.4, -0.2) is 39.1 Å². The number of aromatic nitrogens is 1. The number of pyridine rings is 1. The molecule has 1 aromatic heterocycles. The summed E-state index contributed by atoms with van der Waals surface area (Å²) in [6, 6.07) is 3.54. The van der Waals surface area contributed by atoms with E-state index >= 15 is 0 Å². The number of carbonyl (C=O) groups excluding carboxylic acids is 1. The van der Waals surface area contributed by atoms with Crippen molar-refractivity contribution in [1.82, 2.24) is 15.2 Å². The third-order valence-electron chi connectivity index (χ3n) is 3.92. The van der Waals surface area contributed by atoms with Gasteiger partial charge in [0.15, 0.2) is 0 Å². The molecular weight excluding hydrogens is 270 g/mol. The molecule has 0 unspecified atom stereocenters. The fourth-order valence-electron chi connectivity index (χ4n) is 2.75. The number of nitrogens with one attached hydrogen (secondary N) is 1. The van der Waals surface area contributed by atoms with Crippen LogP contribution in [0.15, 0.2) is 18.3 Å². The van der Waals surface area contributed by atoms with E-state index in [1.807, 2.05) is 4.90 Å². The molecule has 0 aliphatic carbocycles. The van der Waals surface area contributed by atoms with Gasteiger partial charge in [-0.2, -0.15) is 0 Å². The molecule has 2 heterocycles.